The Morgan fingerprint density at radius 1 is 1.21 bits per heavy atom. The van der Waals surface area contributed by atoms with Crippen LogP contribution in [0.15, 0.2) is 18.2 Å². The van der Waals surface area contributed by atoms with Gasteiger partial charge in [-0.1, -0.05) is 13.0 Å². The number of hydrogen-bond acceptors (Lipinski definition) is 2. The van der Waals surface area contributed by atoms with E-state index in [-0.39, 0.29) is 0 Å². The van der Waals surface area contributed by atoms with E-state index in [1.807, 2.05) is 21.0 Å². The maximum absolute atomic E-state index is 5.59. The third kappa shape index (κ3) is 2.41. The van der Waals surface area contributed by atoms with Crippen LogP contribution < -0.4 is 9.64 Å². The SMILES string of the molecule is CCOc1cc(N(C)C)ccc1CC. The molecule has 1 aromatic rings. The molecule has 1 aromatic carbocycles. The van der Waals surface area contributed by atoms with Gasteiger partial charge in [0.15, 0.2) is 0 Å². The van der Waals surface area contributed by atoms with Crippen molar-refractivity contribution in [2.24, 2.45) is 0 Å². The summed E-state index contributed by atoms with van der Waals surface area (Å²) in [7, 11) is 4.08. The molecule has 0 amide bonds. The molecular formula is C12H19NO. The van der Waals surface area contributed by atoms with Gasteiger partial charge in [0, 0.05) is 25.8 Å². The van der Waals surface area contributed by atoms with Crippen molar-refractivity contribution in [1.82, 2.24) is 0 Å². The van der Waals surface area contributed by atoms with E-state index in [2.05, 4.69) is 30.0 Å². The molecule has 0 spiro atoms. The van der Waals surface area contributed by atoms with Crippen molar-refractivity contribution in [2.75, 3.05) is 25.6 Å². The number of aryl methyl sites for hydroxylation is 1. The molecule has 0 aliphatic heterocycles. The van der Waals surface area contributed by atoms with Gasteiger partial charge in [-0.05, 0) is 25.0 Å². The maximum atomic E-state index is 5.59. The van der Waals surface area contributed by atoms with Crippen LogP contribution in [-0.4, -0.2) is 20.7 Å². The van der Waals surface area contributed by atoms with Crippen molar-refractivity contribution in [3.63, 3.8) is 0 Å². The lowest BCUT2D eigenvalue weighted by Crippen LogP contribution is -2.09. The summed E-state index contributed by atoms with van der Waals surface area (Å²) in [4.78, 5) is 2.09. The van der Waals surface area contributed by atoms with Crippen LogP contribution in [0, 0.1) is 0 Å². The first kappa shape index (κ1) is 10.9. The summed E-state index contributed by atoms with van der Waals surface area (Å²) in [5.74, 6) is 1.02. The number of hydrogen-bond donors (Lipinski definition) is 0. The fourth-order valence-corrected chi connectivity index (χ4v) is 1.40. The zero-order valence-corrected chi connectivity index (χ0v) is 9.50. The molecule has 0 aliphatic rings. The molecule has 0 bridgehead atoms. The summed E-state index contributed by atoms with van der Waals surface area (Å²) in [6.45, 7) is 4.89. The zero-order valence-electron chi connectivity index (χ0n) is 9.50. The van der Waals surface area contributed by atoms with Gasteiger partial charge in [-0.3, -0.25) is 0 Å². The van der Waals surface area contributed by atoms with Crippen molar-refractivity contribution in [1.29, 1.82) is 0 Å². The quantitative estimate of drug-likeness (QED) is 0.729. The molecule has 0 heterocycles. The maximum Gasteiger partial charge on any atom is 0.124 e. The molecule has 1 rings (SSSR count). The second kappa shape index (κ2) is 4.89. The van der Waals surface area contributed by atoms with Gasteiger partial charge >= 0.3 is 0 Å². The van der Waals surface area contributed by atoms with Crippen LogP contribution in [0.3, 0.4) is 0 Å². The molecule has 0 saturated heterocycles. The molecule has 78 valence electrons. The van der Waals surface area contributed by atoms with Crippen LogP contribution in [0.5, 0.6) is 5.75 Å². The minimum Gasteiger partial charge on any atom is -0.494 e. The molecule has 2 heteroatoms. The lowest BCUT2D eigenvalue weighted by atomic mass is 10.1. The number of benzene rings is 1. The molecule has 0 aromatic heterocycles. The lowest BCUT2D eigenvalue weighted by molar-refractivity contribution is 0.337. The highest BCUT2D eigenvalue weighted by Gasteiger charge is 2.03. The lowest BCUT2D eigenvalue weighted by Gasteiger charge is -2.16. The third-order valence-electron chi connectivity index (χ3n) is 2.25. The molecule has 0 saturated carbocycles. The highest BCUT2D eigenvalue weighted by molar-refractivity contribution is 5.52. The number of rotatable bonds is 4. The predicted octanol–water partition coefficient (Wildman–Crippen LogP) is 2.71. The summed E-state index contributed by atoms with van der Waals surface area (Å²) >= 11 is 0. The fraction of sp³-hybridized carbons (Fsp3) is 0.500. The standard InChI is InChI=1S/C12H19NO/c1-5-10-7-8-11(13(3)4)9-12(10)14-6-2/h7-9H,5-6H2,1-4H3. The predicted molar refractivity (Wildman–Crippen MR) is 61.3 cm³/mol. The van der Waals surface area contributed by atoms with Gasteiger partial charge in [0.05, 0.1) is 6.61 Å². The third-order valence-corrected chi connectivity index (χ3v) is 2.25. The van der Waals surface area contributed by atoms with E-state index in [1.165, 1.54) is 11.3 Å². The van der Waals surface area contributed by atoms with E-state index in [9.17, 15) is 0 Å². The molecule has 14 heavy (non-hydrogen) atoms. The number of ether oxygens (including phenoxy) is 1. The van der Waals surface area contributed by atoms with Gasteiger partial charge in [0.25, 0.3) is 0 Å². The van der Waals surface area contributed by atoms with E-state index in [4.69, 9.17) is 4.74 Å². The monoisotopic (exact) mass is 193 g/mol. The summed E-state index contributed by atoms with van der Waals surface area (Å²) < 4.78 is 5.59. The second-order valence-corrected chi connectivity index (χ2v) is 3.47. The minimum atomic E-state index is 0.726. The van der Waals surface area contributed by atoms with Gasteiger partial charge in [-0.2, -0.15) is 0 Å². The van der Waals surface area contributed by atoms with Crippen LogP contribution in [0.4, 0.5) is 5.69 Å². The topological polar surface area (TPSA) is 12.5 Å². The van der Waals surface area contributed by atoms with Gasteiger partial charge in [0.1, 0.15) is 5.75 Å². The Morgan fingerprint density at radius 2 is 1.93 bits per heavy atom. The van der Waals surface area contributed by atoms with E-state index >= 15 is 0 Å². The van der Waals surface area contributed by atoms with E-state index in [0.29, 0.717) is 0 Å². The Hall–Kier alpha value is -1.18. The van der Waals surface area contributed by atoms with Crippen LogP contribution in [0.1, 0.15) is 19.4 Å². The molecule has 0 atom stereocenters. The molecular weight excluding hydrogens is 174 g/mol. The first-order valence-electron chi connectivity index (χ1n) is 5.12. The van der Waals surface area contributed by atoms with Crippen LogP contribution in [0.2, 0.25) is 0 Å². The Morgan fingerprint density at radius 3 is 2.43 bits per heavy atom. The molecule has 0 unspecified atom stereocenters. The van der Waals surface area contributed by atoms with Crippen LogP contribution in [-0.2, 0) is 6.42 Å². The Balaban J connectivity index is 3.01. The smallest absolute Gasteiger partial charge is 0.124 e. The van der Waals surface area contributed by atoms with Crippen molar-refractivity contribution in [2.45, 2.75) is 20.3 Å². The van der Waals surface area contributed by atoms with Crippen molar-refractivity contribution >= 4 is 5.69 Å². The largest absolute Gasteiger partial charge is 0.494 e. The van der Waals surface area contributed by atoms with Gasteiger partial charge in [-0.25, -0.2) is 0 Å². The fourth-order valence-electron chi connectivity index (χ4n) is 1.40. The van der Waals surface area contributed by atoms with Crippen molar-refractivity contribution < 1.29 is 4.74 Å². The molecule has 0 fully saturated rings. The highest BCUT2D eigenvalue weighted by atomic mass is 16.5. The first-order chi connectivity index (χ1) is 6.69. The van der Waals surface area contributed by atoms with E-state index in [0.717, 1.165) is 18.8 Å². The zero-order chi connectivity index (χ0) is 10.6. The van der Waals surface area contributed by atoms with Gasteiger partial charge < -0.3 is 9.64 Å². The number of anilines is 1. The van der Waals surface area contributed by atoms with Crippen molar-refractivity contribution in [3.8, 4) is 5.75 Å². The van der Waals surface area contributed by atoms with Gasteiger partial charge in [-0.15, -0.1) is 0 Å². The Bertz CT molecular complexity index is 294. The summed E-state index contributed by atoms with van der Waals surface area (Å²) in [5, 5.41) is 0. The van der Waals surface area contributed by atoms with Gasteiger partial charge in [0.2, 0.25) is 0 Å². The van der Waals surface area contributed by atoms with E-state index < -0.39 is 0 Å². The summed E-state index contributed by atoms with van der Waals surface area (Å²) in [5.41, 5.74) is 2.46. The van der Waals surface area contributed by atoms with E-state index in [1.54, 1.807) is 0 Å². The van der Waals surface area contributed by atoms with Crippen molar-refractivity contribution in [3.05, 3.63) is 23.8 Å². The average molecular weight is 193 g/mol. The molecule has 0 radical (unpaired) electrons. The average Bonchev–Trinajstić information content (AvgIpc) is 2.18. The summed E-state index contributed by atoms with van der Waals surface area (Å²) in [6, 6.07) is 6.37. The van der Waals surface area contributed by atoms with Crippen LogP contribution >= 0.6 is 0 Å². The minimum absolute atomic E-state index is 0.726. The molecule has 0 N–H and O–H groups in total. The second-order valence-electron chi connectivity index (χ2n) is 3.47. The van der Waals surface area contributed by atoms with Crippen LogP contribution in [0.25, 0.3) is 0 Å². The summed E-state index contributed by atoms with van der Waals surface area (Å²) in [6.07, 6.45) is 1.02. The molecule has 0 aliphatic carbocycles. The normalized spacial score (nSPS) is 10.0. The Labute approximate surface area is 86.5 Å². The highest BCUT2D eigenvalue weighted by Crippen LogP contribution is 2.25. The number of nitrogens with zero attached hydrogens (tertiary/aromatic N) is 1. The molecule has 2 nitrogen and oxygen atoms in total. The first-order valence-corrected chi connectivity index (χ1v) is 5.12. The Kier molecular flexibility index (Phi) is 3.81.